The summed E-state index contributed by atoms with van der Waals surface area (Å²) in [6.45, 7) is 2.52. The van der Waals surface area contributed by atoms with Gasteiger partial charge >= 0.3 is 5.00 Å². The van der Waals surface area contributed by atoms with Gasteiger partial charge in [-0.2, -0.15) is 0 Å². The first kappa shape index (κ1) is 13.0. The zero-order valence-electron chi connectivity index (χ0n) is 11.0. The van der Waals surface area contributed by atoms with E-state index in [0.717, 1.165) is 21.7 Å². The molecule has 0 atom stereocenters. The third-order valence-corrected chi connectivity index (χ3v) is 4.80. The third kappa shape index (κ3) is 2.03. The van der Waals surface area contributed by atoms with Crippen molar-refractivity contribution in [3.8, 4) is 0 Å². The van der Waals surface area contributed by atoms with Crippen molar-refractivity contribution in [2.45, 2.75) is 32.7 Å². The second-order valence-electron chi connectivity index (χ2n) is 4.75. The molecule has 1 aromatic heterocycles. The third-order valence-electron chi connectivity index (χ3n) is 3.51. The van der Waals surface area contributed by atoms with E-state index in [1.165, 1.54) is 11.0 Å². The van der Waals surface area contributed by atoms with Gasteiger partial charge in [-0.15, -0.1) is 0 Å². The van der Waals surface area contributed by atoms with Gasteiger partial charge in [-0.3, -0.25) is 20.3 Å². The maximum Gasteiger partial charge on any atom is 0.317 e. The van der Waals surface area contributed by atoms with Gasteiger partial charge in [-0.25, -0.2) is 0 Å². The Morgan fingerprint density at radius 2 is 2.35 bits per heavy atom. The van der Waals surface area contributed by atoms with E-state index >= 15 is 0 Å². The fraction of sp³-hybridized carbons (Fsp3) is 0.385. The summed E-state index contributed by atoms with van der Waals surface area (Å²) in [5.74, 6) is 0. The molecule has 0 bridgehead atoms. The largest absolute Gasteiger partial charge is 0.317 e. The topological polar surface area (TPSA) is 78.7 Å². The van der Waals surface area contributed by atoms with Gasteiger partial charge in [0.2, 0.25) is 5.70 Å². The van der Waals surface area contributed by atoms with Crippen LogP contribution in [0.3, 0.4) is 0 Å². The lowest BCUT2D eigenvalue weighted by atomic mass is 10.0. The van der Waals surface area contributed by atoms with E-state index in [2.05, 4.69) is 11.9 Å². The van der Waals surface area contributed by atoms with Crippen molar-refractivity contribution in [2.75, 3.05) is 0 Å². The molecule has 1 aliphatic carbocycles. The molecule has 20 heavy (non-hydrogen) atoms. The quantitative estimate of drug-likeness (QED) is 0.394. The molecule has 104 valence electrons. The van der Waals surface area contributed by atoms with Crippen LogP contribution in [0.4, 0.5) is 5.00 Å². The van der Waals surface area contributed by atoms with Crippen molar-refractivity contribution < 1.29 is 14.9 Å². The average molecular weight is 292 g/mol. The second-order valence-corrected chi connectivity index (χ2v) is 5.86. The summed E-state index contributed by atoms with van der Waals surface area (Å²) in [5.41, 5.74) is 2.30. The summed E-state index contributed by atoms with van der Waals surface area (Å²) in [6, 6.07) is 2.04. The van der Waals surface area contributed by atoms with Crippen molar-refractivity contribution in [3.05, 3.63) is 38.4 Å². The molecule has 0 amide bonds. The number of hydrogen-bond acceptors (Lipinski definition) is 5. The number of aryl methyl sites for hydroxylation is 1. The van der Waals surface area contributed by atoms with Crippen molar-refractivity contribution >= 4 is 27.8 Å². The van der Waals surface area contributed by atoms with E-state index in [9.17, 15) is 15.3 Å². The standard InChI is InChI=1S/C13H14N3O3S/c1-2-10-5-8-7-14-11-6-9(16(18)19)3-4-12(11)15(17)13(8)20-10/h5-6,17H,2-4,7H2,1H3/q+1. The van der Waals surface area contributed by atoms with E-state index in [-0.39, 0.29) is 10.6 Å². The number of nitro groups is 1. The Morgan fingerprint density at radius 1 is 1.55 bits per heavy atom. The minimum Gasteiger partial charge on any atom is -0.283 e. The van der Waals surface area contributed by atoms with E-state index in [1.807, 2.05) is 6.07 Å². The molecule has 0 radical (unpaired) electrons. The highest BCUT2D eigenvalue weighted by Crippen LogP contribution is 2.33. The molecule has 1 aliphatic heterocycles. The number of hydrogen-bond donors (Lipinski definition) is 1. The maximum atomic E-state index is 10.8. The van der Waals surface area contributed by atoms with E-state index < -0.39 is 0 Å². The van der Waals surface area contributed by atoms with E-state index in [1.54, 1.807) is 11.3 Å². The predicted molar refractivity (Wildman–Crippen MR) is 75.9 cm³/mol. The number of thiophene rings is 1. The van der Waals surface area contributed by atoms with Gasteiger partial charge in [0.1, 0.15) is 5.71 Å². The average Bonchev–Trinajstić information content (AvgIpc) is 2.82. The van der Waals surface area contributed by atoms with Gasteiger partial charge in [0.15, 0.2) is 0 Å². The number of rotatable bonds is 2. The lowest BCUT2D eigenvalue weighted by Crippen LogP contribution is -2.26. The molecule has 6 nitrogen and oxygen atoms in total. The summed E-state index contributed by atoms with van der Waals surface area (Å²) in [5, 5.41) is 22.0. The zero-order chi connectivity index (χ0) is 14.3. The highest BCUT2D eigenvalue weighted by atomic mass is 32.1. The fourth-order valence-electron chi connectivity index (χ4n) is 2.42. The van der Waals surface area contributed by atoms with Crippen molar-refractivity contribution in [1.82, 2.24) is 0 Å². The van der Waals surface area contributed by atoms with Crippen molar-refractivity contribution in [2.24, 2.45) is 4.99 Å². The summed E-state index contributed by atoms with van der Waals surface area (Å²) >= 11 is 1.55. The number of nitrogens with zero attached hydrogens (tertiary/aromatic N) is 3. The first-order chi connectivity index (χ1) is 9.60. The van der Waals surface area contributed by atoms with E-state index in [0.29, 0.717) is 30.8 Å². The van der Waals surface area contributed by atoms with Crippen LogP contribution in [0.25, 0.3) is 0 Å². The van der Waals surface area contributed by atoms with Gasteiger partial charge in [0.05, 0.1) is 17.0 Å². The smallest absolute Gasteiger partial charge is 0.283 e. The molecule has 0 saturated heterocycles. The van der Waals surface area contributed by atoms with Crippen molar-refractivity contribution in [1.29, 1.82) is 0 Å². The highest BCUT2D eigenvalue weighted by molar-refractivity contribution is 7.15. The van der Waals surface area contributed by atoms with Crippen LogP contribution in [0.2, 0.25) is 0 Å². The maximum absolute atomic E-state index is 10.8. The summed E-state index contributed by atoms with van der Waals surface area (Å²) in [4.78, 5) is 16.1. The Hall–Kier alpha value is -2.02. The van der Waals surface area contributed by atoms with Gasteiger partial charge in [-0.05, 0) is 12.5 Å². The predicted octanol–water partition coefficient (Wildman–Crippen LogP) is 2.69. The molecule has 1 aromatic rings. The fourth-order valence-corrected chi connectivity index (χ4v) is 3.46. The van der Waals surface area contributed by atoms with Crippen LogP contribution >= 0.6 is 11.3 Å². The normalized spacial score (nSPS) is 17.9. The zero-order valence-corrected chi connectivity index (χ0v) is 11.8. The van der Waals surface area contributed by atoms with Crippen LogP contribution in [0, 0.1) is 10.1 Å². The first-order valence-electron chi connectivity index (χ1n) is 6.46. The summed E-state index contributed by atoms with van der Waals surface area (Å²) in [7, 11) is 0. The van der Waals surface area contributed by atoms with Crippen LogP contribution in [-0.2, 0) is 13.0 Å². The molecule has 2 heterocycles. The second kappa shape index (κ2) is 4.82. The van der Waals surface area contributed by atoms with Gasteiger partial charge in [0, 0.05) is 28.5 Å². The Kier molecular flexibility index (Phi) is 3.13. The van der Waals surface area contributed by atoms with Crippen LogP contribution in [-0.4, -0.2) is 26.3 Å². The molecule has 0 saturated carbocycles. The van der Waals surface area contributed by atoms with Gasteiger partial charge in [-0.1, -0.05) is 18.3 Å². The van der Waals surface area contributed by atoms with Crippen LogP contribution in [0.1, 0.15) is 30.2 Å². The Labute approximate surface area is 119 Å². The molecular formula is C13H14N3O3S+. The number of allylic oxidation sites excluding steroid dienone is 2. The molecule has 1 N–H and O–H groups in total. The van der Waals surface area contributed by atoms with E-state index in [4.69, 9.17) is 0 Å². The molecule has 3 rings (SSSR count). The number of aliphatic imine (C=N–C) groups is 1. The molecule has 2 aliphatic rings. The number of fused-ring (bicyclic) bond motifs is 2. The SMILES string of the molecule is CCc1cc2c(s1)[N+](O)=C1CCC([N+](=O)[O-])=CC1=NC2. The summed E-state index contributed by atoms with van der Waals surface area (Å²) < 4.78 is 1.16. The summed E-state index contributed by atoms with van der Waals surface area (Å²) in [6.07, 6.45) is 3.14. The van der Waals surface area contributed by atoms with Crippen molar-refractivity contribution in [3.63, 3.8) is 0 Å². The molecule has 0 aromatic carbocycles. The highest BCUT2D eigenvalue weighted by Gasteiger charge is 2.35. The molecule has 0 spiro atoms. The lowest BCUT2D eigenvalue weighted by Gasteiger charge is -2.06. The Morgan fingerprint density at radius 3 is 3.05 bits per heavy atom. The van der Waals surface area contributed by atoms with Crippen LogP contribution < -0.4 is 0 Å². The molecular weight excluding hydrogens is 278 g/mol. The minimum absolute atomic E-state index is 0.153. The molecule has 7 heteroatoms. The lowest BCUT2D eigenvalue weighted by molar-refractivity contribution is -0.710. The Bertz CT molecular complexity index is 685. The molecule has 0 unspecified atom stereocenters. The van der Waals surface area contributed by atoms with Crippen LogP contribution in [0.5, 0.6) is 0 Å². The minimum atomic E-state index is -0.378. The monoisotopic (exact) mass is 292 g/mol. The van der Waals surface area contributed by atoms with Gasteiger partial charge < -0.3 is 0 Å². The first-order valence-corrected chi connectivity index (χ1v) is 7.28. The molecule has 0 fully saturated rings. The van der Waals surface area contributed by atoms with Crippen LogP contribution in [0.15, 0.2) is 22.8 Å². The Balaban J connectivity index is 2.09. The van der Waals surface area contributed by atoms with Gasteiger partial charge in [0.25, 0.3) is 5.71 Å².